The maximum absolute atomic E-state index is 13.0. The van der Waals surface area contributed by atoms with Crippen LogP contribution in [0.15, 0.2) is 54.6 Å². The van der Waals surface area contributed by atoms with Crippen LogP contribution in [0, 0.1) is 0 Å². The molecule has 0 unspecified atom stereocenters. The summed E-state index contributed by atoms with van der Waals surface area (Å²) in [5.74, 6) is 1.88. The SMILES string of the molecule is CN(C)c1cccc(C(=O)N2CCc3nc(Cc4ccccc4)nn3CC2)c1. The molecule has 0 saturated heterocycles. The van der Waals surface area contributed by atoms with Crippen LogP contribution in [0.3, 0.4) is 0 Å². The molecule has 6 nitrogen and oxygen atoms in total. The lowest BCUT2D eigenvalue weighted by atomic mass is 10.1. The van der Waals surface area contributed by atoms with E-state index in [1.54, 1.807) is 0 Å². The molecule has 0 spiro atoms. The number of carbonyl (C=O) groups excluding carboxylic acids is 1. The second kappa shape index (κ2) is 7.84. The van der Waals surface area contributed by atoms with Gasteiger partial charge >= 0.3 is 0 Å². The van der Waals surface area contributed by atoms with E-state index in [1.807, 2.05) is 71.0 Å². The molecular formula is C22H25N5O. The molecular weight excluding hydrogens is 350 g/mol. The fraction of sp³-hybridized carbons (Fsp3) is 0.318. The van der Waals surface area contributed by atoms with Gasteiger partial charge in [-0.2, -0.15) is 5.10 Å². The molecule has 1 amide bonds. The number of aromatic nitrogens is 3. The molecule has 3 aromatic rings. The highest BCUT2D eigenvalue weighted by molar-refractivity contribution is 5.95. The van der Waals surface area contributed by atoms with Crippen molar-refractivity contribution in [3.05, 3.63) is 77.4 Å². The van der Waals surface area contributed by atoms with Crippen molar-refractivity contribution in [3.8, 4) is 0 Å². The Morgan fingerprint density at radius 1 is 1.04 bits per heavy atom. The number of nitrogens with zero attached hydrogens (tertiary/aromatic N) is 5. The summed E-state index contributed by atoms with van der Waals surface area (Å²) in [7, 11) is 3.96. The molecule has 6 heteroatoms. The lowest BCUT2D eigenvalue weighted by Crippen LogP contribution is -2.33. The molecule has 144 valence electrons. The molecule has 4 rings (SSSR count). The van der Waals surface area contributed by atoms with Crippen molar-refractivity contribution >= 4 is 11.6 Å². The maximum atomic E-state index is 13.0. The number of fused-ring (bicyclic) bond motifs is 1. The minimum Gasteiger partial charge on any atom is -0.378 e. The van der Waals surface area contributed by atoms with E-state index in [1.165, 1.54) is 5.56 Å². The third-order valence-corrected chi connectivity index (χ3v) is 5.08. The van der Waals surface area contributed by atoms with E-state index in [2.05, 4.69) is 17.2 Å². The molecule has 0 atom stereocenters. The number of carbonyl (C=O) groups is 1. The van der Waals surface area contributed by atoms with E-state index in [9.17, 15) is 4.79 Å². The standard InChI is InChI=1S/C22H25N5O/c1-25(2)19-10-6-9-18(16-19)22(28)26-12-11-21-23-20(24-27(21)14-13-26)15-17-7-4-3-5-8-17/h3-10,16H,11-15H2,1-2H3. The number of hydrogen-bond donors (Lipinski definition) is 0. The zero-order valence-electron chi connectivity index (χ0n) is 16.4. The monoisotopic (exact) mass is 375 g/mol. The van der Waals surface area contributed by atoms with Gasteiger partial charge in [-0.25, -0.2) is 9.67 Å². The summed E-state index contributed by atoms with van der Waals surface area (Å²) in [4.78, 5) is 21.6. The third kappa shape index (κ3) is 3.91. The molecule has 0 saturated carbocycles. The van der Waals surface area contributed by atoms with Crippen LogP contribution in [0.4, 0.5) is 5.69 Å². The smallest absolute Gasteiger partial charge is 0.254 e. The summed E-state index contributed by atoms with van der Waals surface area (Å²) in [6.07, 6.45) is 1.46. The number of anilines is 1. The molecule has 2 heterocycles. The van der Waals surface area contributed by atoms with Gasteiger partial charge in [0.1, 0.15) is 5.82 Å². The van der Waals surface area contributed by atoms with Crippen LogP contribution < -0.4 is 4.90 Å². The molecule has 1 aliphatic heterocycles. The molecule has 0 radical (unpaired) electrons. The Morgan fingerprint density at radius 3 is 2.64 bits per heavy atom. The Labute approximate surface area is 165 Å². The molecule has 1 aliphatic rings. The van der Waals surface area contributed by atoms with Crippen molar-refractivity contribution in [1.82, 2.24) is 19.7 Å². The Bertz CT molecular complexity index is 939. The van der Waals surface area contributed by atoms with Gasteiger partial charge in [0.25, 0.3) is 5.91 Å². The van der Waals surface area contributed by atoms with Gasteiger partial charge in [0.05, 0.1) is 6.54 Å². The molecule has 2 aromatic carbocycles. The van der Waals surface area contributed by atoms with Crippen LogP contribution in [0.2, 0.25) is 0 Å². The molecule has 0 N–H and O–H groups in total. The summed E-state index contributed by atoms with van der Waals surface area (Å²) in [6, 6.07) is 18.0. The van der Waals surface area contributed by atoms with Crippen molar-refractivity contribution < 1.29 is 4.79 Å². The van der Waals surface area contributed by atoms with Crippen molar-refractivity contribution in [1.29, 1.82) is 0 Å². The van der Waals surface area contributed by atoms with E-state index < -0.39 is 0 Å². The van der Waals surface area contributed by atoms with Gasteiger partial charge in [-0.1, -0.05) is 36.4 Å². The van der Waals surface area contributed by atoms with E-state index in [0.717, 1.165) is 35.7 Å². The zero-order valence-corrected chi connectivity index (χ0v) is 16.4. The van der Waals surface area contributed by atoms with E-state index >= 15 is 0 Å². The number of rotatable bonds is 4. The fourth-order valence-electron chi connectivity index (χ4n) is 3.51. The molecule has 0 aliphatic carbocycles. The highest BCUT2D eigenvalue weighted by atomic mass is 16.2. The van der Waals surface area contributed by atoms with E-state index in [4.69, 9.17) is 4.98 Å². The van der Waals surface area contributed by atoms with Crippen LogP contribution in [0.1, 0.15) is 27.6 Å². The molecule has 0 fully saturated rings. The second-order valence-corrected chi connectivity index (χ2v) is 7.32. The van der Waals surface area contributed by atoms with Crippen LogP contribution in [-0.2, 0) is 19.4 Å². The number of hydrogen-bond acceptors (Lipinski definition) is 4. The van der Waals surface area contributed by atoms with Gasteiger partial charge in [0, 0.05) is 51.3 Å². The van der Waals surface area contributed by atoms with Crippen molar-refractivity contribution in [2.45, 2.75) is 19.4 Å². The normalized spacial score (nSPS) is 13.7. The Kier molecular flexibility index (Phi) is 5.10. The lowest BCUT2D eigenvalue weighted by Gasteiger charge is -2.21. The highest BCUT2D eigenvalue weighted by Crippen LogP contribution is 2.17. The quantitative estimate of drug-likeness (QED) is 0.703. The first-order valence-corrected chi connectivity index (χ1v) is 9.63. The Morgan fingerprint density at radius 2 is 1.86 bits per heavy atom. The average Bonchev–Trinajstić information content (AvgIpc) is 2.99. The number of amides is 1. The van der Waals surface area contributed by atoms with Gasteiger partial charge in [0.15, 0.2) is 5.82 Å². The minimum absolute atomic E-state index is 0.0685. The topological polar surface area (TPSA) is 54.3 Å². The summed E-state index contributed by atoms with van der Waals surface area (Å²) < 4.78 is 1.96. The average molecular weight is 375 g/mol. The number of benzene rings is 2. The summed E-state index contributed by atoms with van der Waals surface area (Å²) in [5, 5.41) is 4.67. The largest absolute Gasteiger partial charge is 0.378 e. The first-order valence-electron chi connectivity index (χ1n) is 9.63. The molecule has 0 bridgehead atoms. The summed E-state index contributed by atoms with van der Waals surface area (Å²) >= 11 is 0. The third-order valence-electron chi connectivity index (χ3n) is 5.08. The minimum atomic E-state index is 0.0685. The lowest BCUT2D eigenvalue weighted by molar-refractivity contribution is 0.0758. The van der Waals surface area contributed by atoms with Gasteiger partial charge in [-0.05, 0) is 23.8 Å². The van der Waals surface area contributed by atoms with Crippen LogP contribution >= 0.6 is 0 Å². The van der Waals surface area contributed by atoms with Gasteiger partial charge in [0.2, 0.25) is 0 Å². The first-order chi connectivity index (χ1) is 13.6. The second-order valence-electron chi connectivity index (χ2n) is 7.32. The highest BCUT2D eigenvalue weighted by Gasteiger charge is 2.22. The zero-order chi connectivity index (χ0) is 19.5. The van der Waals surface area contributed by atoms with Crippen molar-refractivity contribution in [2.24, 2.45) is 0 Å². The van der Waals surface area contributed by atoms with Crippen molar-refractivity contribution in [2.75, 3.05) is 32.1 Å². The predicted molar refractivity (Wildman–Crippen MR) is 110 cm³/mol. The predicted octanol–water partition coefficient (Wildman–Crippen LogP) is 2.63. The van der Waals surface area contributed by atoms with Gasteiger partial charge < -0.3 is 9.80 Å². The van der Waals surface area contributed by atoms with E-state index in [0.29, 0.717) is 19.6 Å². The fourth-order valence-corrected chi connectivity index (χ4v) is 3.51. The Balaban J connectivity index is 1.44. The molecule has 1 aromatic heterocycles. The van der Waals surface area contributed by atoms with Crippen LogP contribution in [-0.4, -0.2) is 52.8 Å². The van der Waals surface area contributed by atoms with Gasteiger partial charge in [-0.15, -0.1) is 0 Å². The summed E-state index contributed by atoms with van der Waals surface area (Å²) in [6.45, 7) is 1.98. The first kappa shape index (κ1) is 18.2. The Hall–Kier alpha value is -3.15. The summed E-state index contributed by atoms with van der Waals surface area (Å²) in [5.41, 5.74) is 2.96. The van der Waals surface area contributed by atoms with E-state index in [-0.39, 0.29) is 5.91 Å². The van der Waals surface area contributed by atoms with Crippen LogP contribution in [0.5, 0.6) is 0 Å². The van der Waals surface area contributed by atoms with Gasteiger partial charge in [-0.3, -0.25) is 4.79 Å². The van der Waals surface area contributed by atoms with Crippen molar-refractivity contribution in [3.63, 3.8) is 0 Å². The maximum Gasteiger partial charge on any atom is 0.254 e. The van der Waals surface area contributed by atoms with Crippen LogP contribution in [0.25, 0.3) is 0 Å². The molecule has 28 heavy (non-hydrogen) atoms.